The lowest BCUT2D eigenvalue weighted by atomic mass is 9.97. The fourth-order valence-corrected chi connectivity index (χ4v) is 15.0. The van der Waals surface area contributed by atoms with Crippen LogP contribution in [0.3, 0.4) is 0 Å². The molecule has 0 unspecified atom stereocenters. The summed E-state index contributed by atoms with van der Waals surface area (Å²) in [7, 11) is 1.69. The van der Waals surface area contributed by atoms with Crippen molar-refractivity contribution in [2.45, 2.75) is 0 Å². The Hall–Kier alpha value is 0.410. The Morgan fingerprint density at radius 2 is 1.48 bits per heavy atom. The van der Waals surface area contributed by atoms with Crippen LogP contribution in [0.25, 0.3) is 4.91 Å². The summed E-state index contributed by atoms with van der Waals surface area (Å²) in [5, 5.41) is 11.9. The molecule has 0 spiro atoms. The highest BCUT2D eigenvalue weighted by Crippen LogP contribution is 2.69. The maximum Gasteiger partial charge on any atom is 0.130 e. The van der Waals surface area contributed by atoms with Crippen LogP contribution in [0, 0.1) is 5.41 Å². The molecule has 11 heteroatoms. The third-order valence-electron chi connectivity index (χ3n) is 4.64. The van der Waals surface area contributed by atoms with Gasteiger partial charge in [-0.25, -0.2) is 0 Å². The van der Waals surface area contributed by atoms with Gasteiger partial charge in [0.05, 0.1) is 44.6 Å². The van der Waals surface area contributed by atoms with Gasteiger partial charge in [-0.05, 0) is 23.1 Å². The summed E-state index contributed by atoms with van der Waals surface area (Å²) >= 11 is 14.5. The van der Waals surface area contributed by atoms with Crippen molar-refractivity contribution < 1.29 is 14.6 Å². The van der Waals surface area contributed by atoms with E-state index in [4.69, 9.17) is 4.74 Å². The maximum atomic E-state index is 11.5. The molecule has 0 saturated heterocycles. The van der Waals surface area contributed by atoms with Crippen molar-refractivity contribution in [1.82, 2.24) is 0 Å². The van der Waals surface area contributed by atoms with Crippen molar-refractivity contribution in [3.63, 3.8) is 0 Å². The molecule has 0 radical (unpaired) electrons. The predicted octanol–water partition coefficient (Wildman–Crippen LogP) is 7.47. The van der Waals surface area contributed by atoms with Gasteiger partial charge in [0.2, 0.25) is 0 Å². The second-order valence-electron chi connectivity index (χ2n) is 6.78. The molecule has 162 valence electrons. The van der Waals surface area contributed by atoms with E-state index in [9.17, 15) is 9.90 Å². The zero-order valence-electron chi connectivity index (χ0n) is 16.1. The zero-order valence-corrected chi connectivity index (χ0v) is 22.6. The van der Waals surface area contributed by atoms with E-state index in [-0.39, 0.29) is 6.61 Å². The molecule has 0 amide bonds. The Kier molecular flexibility index (Phi) is 7.44. The number of ether oxygens (including phenoxy) is 1. The molecule has 1 N–H and O–H groups in total. The van der Waals surface area contributed by atoms with Gasteiger partial charge in [-0.1, -0.05) is 82.7 Å². The van der Waals surface area contributed by atoms with Gasteiger partial charge in [-0.3, -0.25) is 0 Å². The highest BCUT2D eigenvalue weighted by molar-refractivity contribution is 8.46. The van der Waals surface area contributed by atoms with Crippen LogP contribution >= 0.6 is 94.1 Å². The highest BCUT2D eigenvalue weighted by Gasteiger charge is 2.38. The molecular formula is C20H16O3S8. The summed E-state index contributed by atoms with van der Waals surface area (Å²) in [6, 6.07) is 8.23. The van der Waals surface area contributed by atoms with Gasteiger partial charge in [0.25, 0.3) is 0 Å². The molecule has 1 aromatic rings. The van der Waals surface area contributed by atoms with Gasteiger partial charge in [0, 0.05) is 16.4 Å². The Morgan fingerprint density at radius 3 is 2.06 bits per heavy atom. The molecule has 31 heavy (non-hydrogen) atoms. The molecule has 0 bridgehead atoms. The number of hydrogen-bond donors (Lipinski definition) is 1. The van der Waals surface area contributed by atoms with Crippen LogP contribution in [0.2, 0.25) is 0 Å². The Morgan fingerprint density at radius 1 is 0.903 bits per heavy atom. The third-order valence-corrected chi connectivity index (χ3v) is 16.8. The molecule has 0 fully saturated rings. The molecule has 1 aromatic carbocycles. The fraction of sp³-hybridized carbons (Fsp3) is 0.250. The highest BCUT2D eigenvalue weighted by atomic mass is 32.3. The van der Waals surface area contributed by atoms with E-state index < -0.39 is 5.41 Å². The minimum absolute atomic E-state index is 0.0827. The predicted molar refractivity (Wildman–Crippen MR) is 148 cm³/mol. The number of aliphatic hydroxyl groups is 1. The van der Waals surface area contributed by atoms with Crippen molar-refractivity contribution in [3.05, 3.63) is 60.7 Å². The van der Waals surface area contributed by atoms with Crippen LogP contribution in [0.15, 0.2) is 55.1 Å². The van der Waals surface area contributed by atoms with Gasteiger partial charge < -0.3 is 14.6 Å². The monoisotopic (exact) mass is 560 g/mol. The SMILES string of the molecule is COc1ccc(C2=CSC3=C(S2)SC(=C2SC4=C(SCC(C=O)(CO)CS4)S2)S3)cc1. The molecule has 0 aliphatic carbocycles. The first kappa shape index (κ1) is 23.2. The van der Waals surface area contributed by atoms with Crippen LogP contribution in [0.5, 0.6) is 5.75 Å². The van der Waals surface area contributed by atoms with Crippen LogP contribution in [-0.4, -0.2) is 36.6 Å². The number of carbonyl (C=O) groups excluding carboxylic acids is 1. The maximum absolute atomic E-state index is 11.5. The Bertz CT molecular complexity index is 1020. The van der Waals surface area contributed by atoms with Gasteiger partial charge in [-0.2, -0.15) is 0 Å². The zero-order chi connectivity index (χ0) is 21.4. The van der Waals surface area contributed by atoms with Crippen molar-refractivity contribution in [1.29, 1.82) is 0 Å². The molecule has 0 aromatic heterocycles. The van der Waals surface area contributed by atoms with E-state index in [0.717, 1.165) is 12.0 Å². The summed E-state index contributed by atoms with van der Waals surface area (Å²) in [6.45, 7) is -0.0827. The first-order chi connectivity index (χ1) is 15.1. The summed E-state index contributed by atoms with van der Waals surface area (Å²) in [4.78, 5) is 12.8. The molecule has 3 nitrogen and oxygen atoms in total. The lowest BCUT2D eigenvalue weighted by Crippen LogP contribution is -2.32. The molecule has 5 rings (SSSR count). The van der Waals surface area contributed by atoms with Gasteiger partial charge >= 0.3 is 0 Å². The van der Waals surface area contributed by atoms with E-state index in [1.165, 1.54) is 35.9 Å². The molecular weight excluding hydrogens is 545 g/mol. The second-order valence-corrected chi connectivity index (χ2v) is 16.3. The summed E-state index contributed by atoms with van der Waals surface area (Å²) < 4.78 is 13.2. The lowest BCUT2D eigenvalue weighted by Gasteiger charge is -2.22. The topological polar surface area (TPSA) is 46.5 Å². The summed E-state index contributed by atoms with van der Waals surface area (Å²) in [6.07, 6.45) is 0.937. The first-order valence-corrected chi connectivity index (χ1v) is 16.0. The third kappa shape index (κ3) is 4.81. The average molecular weight is 561 g/mol. The molecule has 4 aliphatic rings. The summed E-state index contributed by atoms with van der Waals surface area (Å²) in [5.41, 5.74) is 0.590. The van der Waals surface area contributed by atoms with E-state index in [1.54, 1.807) is 30.6 Å². The van der Waals surface area contributed by atoms with Gasteiger partial charge in [-0.15, -0.1) is 23.5 Å². The molecule has 4 heterocycles. The largest absolute Gasteiger partial charge is 0.497 e. The first-order valence-electron chi connectivity index (χ1n) is 9.09. The second kappa shape index (κ2) is 9.95. The van der Waals surface area contributed by atoms with Crippen molar-refractivity contribution in [3.8, 4) is 5.75 Å². The molecule has 4 aliphatic heterocycles. The van der Waals surface area contributed by atoms with Crippen LogP contribution in [-0.2, 0) is 4.79 Å². The number of hydrogen-bond acceptors (Lipinski definition) is 11. The number of thioether (sulfide) groups is 8. The minimum atomic E-state index is -0.623. The number of methoxy groups -OCH3 is 1. The van der Waals surface area contributed by atoms with Crippen molar-refractivity contribution in [2.75, 3.05) is 25.2 Å². The van der Waals surface area contributed by atoms with Crippen molar-refractivity contribution >= 4 is 105 Å². The van der Waals surface area contributed by atoms with E-state index in [2.05, 4.69) is 17.5 Å². The Balaban J connectivity index is 1.25. The lowest BCUT2D eigenvalue weighted by molar-refractivity contribution is -0.115. The number of aliphatic hydroxyl groups excluding tert-OH is 1. The van der Waals surface area contributed by atoms with Gasteiger partial charge in [0.15, 0.2) is 0 Å². The quantitative estimate of drug-likeness (QED) is 0.373. The smallest absolute Gasteiger partial charge is 0.130 e. The van der Waals surface area contributed by atoms with E-state index >= 15 is 0 Å². The van der Waals surface area contributed by atoms with Crippen molar-refractivity contribution in [2.24, 2.45) is 5.41 Å². The van der Waals surface area contributed by atoms with Crippen LogP contribution < -0.4 is 4.74 Å². The van der Waals surface area contributed by atoms with Gasteiger partial charge in [0.1, 0.15) is 12.0 Å². The number of benzene rings is 1. The normalized spacial score (nSPS) is 22.8. The average Bonchev–Trinajstić information content (AvgIpc) is 3.39. The summed E-state index contributed by atoms with van der Waals surface area (Å²) in [5.74, 6) is 2.16. The number of rotatable bonds is 4. The molecule has 0 atom stereocenters. The van der Waals surface area contributed by atoms with E-state index in [0.29, 0.717) is 11.5 Å². The van der Waals surface area contributed by atoms with Crippen LogP contribution in [0.1, 0.15) is 5.56 Å². The minimum Gasteiger partial charge on any atom is -0.497 e. The standard InChI is InChI=1S/C20H16O3S8/c1-23-12-4-2-11(3-5-12)13-6-24-16-17(27-13)31-19(30-16)18-28-14-15(29-18)26-10-20(7-21,8-22)9-25-14/h2-7,22H,8-10H2,1H3. The number of aldehydes is 1. The molecule has 0 saturated carbocycles. The Labute approximate surface area is 215 Å². The van der Waals surface area contributed by atoms with E-state index in [1.807, 2.05) is 82.7 Å². The fourth-order valence-electron chi connectivity index (χ4n) is 2.79. The van der Waals surface area contributed by atoms with Crippen LogP contribution in [0.4, 0.5) is 0 Å². The number of carbonyl (C=O) groups is 1.